The summed E-state index contributed by atoms with van der Waals surface area (Å²) in [4.78, 5) is 0. The summed E-state index contributed by atoms with van der Waals surface area (Å²) in [5.74, 6) is -0.319. The van der Waals surface area contributed by atoms with E-state index < -0.39 is 18.4 Å². The Labute approximate surface area is 108 Å². The van der Waals surface area contributed by atoms with Gasteiger partial charge in [-0.3, -0.25) is 0 Å². The first-order valence-electron chi connectivity index (χ1n) is 6.13. The van der Waals surface area contributed by atoms with Gasteiger partial charge in [-0.1, -0.05) is 6.07 Å². The van der Waals surface area contributed by atoms with Crippen molar-refractivity contribution >= 4 is 0 Å². The number of alkyl halides is 4. The molecule has 1 aromatic carbocycles. The molecule has 2 rings (SSSR count). The van der Waals surface area contributed by atoms with Crippen LogP contribution >= 0.6 is 0 Å². The summed E-state index contributed by atoms with van der Waals surface area (Å²) >= 11 is 0. The third kappa shape index (κ3) is 4.09. The van der Waals surface area contributed by atoms with Crippen molar-refractivity contribution in [1.82, 2.24) is 5.32 Å². The normalized spacial score (nSPS) is 15.6. The zero-order valence-corrected chi connectivity index (χ0v) is 10.3. The molecular weight excluding hydrogens is 262 g/mol. The zero-order valence-electron chi connectivity index (χ0n) is 10.3. The van der Waals surface area contributed by atoms with Crippen LogP contribution in [0.15, 0.2) is 18.2 Å². The van der Waals surface area contributed by atoms with Gasteiger partial charge in [0.05, 0.1) is 5.56 Å². The lowest BCUT2D eigenvalue weighted by Crippen LogP contribution is -2.16. The number of ether oxygens (including phenoxy) is 1. The monoisotopic (exact) mass is 277 g/mol. The van der Waals surface area contributed by atoms with E-state index in [2.05, 4.69) is 5.32 Å². The Morgan fingerprint density at radius 1 is 1.26 bits per heavy atom. The van der Waals surface area contributed by atoms with Crippen LogP contribution in [0.1, 0.15) is 24.0 Å². The minimum absolute atomic E-state index is 0.319. The Morgan fingerprint density at radius 3 is 2.58 bits per heavy atom. The van der Waals surface area contributed by atoms with Crippen molar-refractivity contribution in [2.75, 3.05) is 13.3 Å². The molecule has 1 aliphatic rings. The highest BCUT2D eigenvalue weighted by molar-refractivity contribution is 5.39. The van der Waals surface area contributed by atoms with Gasteiger partial charge in [0.2, 0.25) is 0 Å². The summed E-state index contributed by atoms with van der Waals surface area (Å²) in [6.45, 7) is -0.790. The molecule has 0 aromatic heterocycles. The smallest absolute Gasteiger partial charge is 0.419 e. The molecule has 1 saturated carbocycles. The highest BCUT2D eigenvalue weighted by Crippen LogP contribution is 2.37. The van der Waals surface area contributed by atoms with Gasteiger partial charge in [-0.05, 0) is 30.5 Å². The van der Waals surface area contributed by atoms with Crippen molar-refractivity contribution in [3.63, 3.8) is 0 Å². The first kappa shape index (κ1) is 14.1. The number of benzene rings is 1. The highest BCUT2D eigenvalue weighted by atomic mass is 19.4. The van der Waals surface area contributed by atoms with E-state index >= 15 is 0 Å². The van der Waals surface area contributed by atoms with Crippen molar-refractivity contribution in [3.05, 3.63) is 29.3 Å². The van der Waals surface area contributed by atoms with E-state index in [1.54, 1.807) is 6.07 Å². The van der Waals surface area contributed by atoms with Gasteiger partial charge in [0.1, 0.15) is 19.0 Å². The molecule has 0 radical (unpaired) electrons. The zero-order chi connectivity index (χ0) is 13.9. The molecule has 1 fully saturated rings. The van der Waals surface area contributed by atoms with E-state index in [9.17, 15) is 17.6 Å². The number of halogens is 4. The van der Waals surface area contributed by atoms with Gasteiger partial charge in [-0.15, -0.1) is 0 Å². The molecule has 19 heavy (non-hydrogen) atoms. The minimum Gasteiger partial charge on any atom is -0.490 e. The quantitative estimate of drug-likeness (QED) is 0.805. The van der Waals surface area contributed by atoms with Gasteiger partial charge in [0, 0.05) is 12.6 Å². The van der Waals surface area contributed by atoms with Crippen molar-refractivity contribution in [2.45, 2.75) is 31.6 Å². The second-order valence-corrected chi connectivity index (χ2v) is 4.52. The third-order valence-electron chi connectivity index (χ3n) is 2.86. The number of hydrogen-bond donors (Lipinski definition) is 1. The second-order valence-electron chi connectivity index (χ2n) is 4.52. The topological polar surface area (TPSA) is 21.3 Å². The molecule has 0 unspecified atom stereocenters. The van der Waals surface area contributed by atoms with Gasteiger partial charge >= 0.3 is 6.18 Å². The molecule has 2 nitrogen and oxygen atoms in total. The lowest BCUT2D eigenvalue weighted by Gasteiger charge is -2.15. The average Bonchev–Trinajstić information content (AvgIpc) is 3.17. The minimum atomic E-state index is -4.50. The molecule has 1 aromatic rings. The Balaban J connectivity index is 2.14. The van der Waals surface area contributed by atoms with Gasteiger partial charge in [0.15, 0.2) is 0 Å². The van der Waals surface area contributed by atoms with E-state index in [0.717, 1.165) is 18.9 Å². The van der Waals surface area contributed by atoms with E-state index in [4.69, 9.17) is 4.74 Å². The van der Waals surface area contributed by atoms with Gasteiger partial charge in [-0.25, -0.2) is 4.39 Å². The molecule has 1 aliphatic carbocycles. The van der Waals surface area contributed by atoms with Crippen LogP contribution in [0.5, 0.6) is 5.75 Å². The molecule has 1 N–H and O–H groups in total. The molecule has 0 spiro atoms. The van der Waals surface area contributed by atoms with Crippen LogP contribution in [0.25, 0.3) is 0 Å². The molecular formula is C13H15F4NO. The van der Waals surface area contributed by atoms with Crippen LogP contribution in [0.4, 0.5) is 17.6 Å². The number of rotatable bonds is 6. The van der Waals surface area contributed by atoms with E-state index in [-0.39, 0.29) is 12.4 Å². The summed E-state index contributed by atoms with van der Waals surface area (Å²) in [6, 6.07) is 4.31. The Bertz CT molecular complexity index is 429. The maximum absolute atomic E-state index is 12.9. The summed E-state index contributed by atoms with van der Waals surface area (Å²) in [6.07, 6.45) is -2.35. The lowest BCUT2D eigenvalue weighted by atomic mass is 10.1. The Kier molecular flexibility index (Phi) is 4.29. The maximum Gasteiger partial charge on any atom is 0.419 e. The molecule has 0 saturated heterocycles. The van der Waals surface area contributed by atoms with Crippen LogP contribution in [0, 0.1) is 0 Å². The largest absolute Gasteiger partial charge is 0.490 e. The molecule has 6 heteroatoms. The van der Waals surface area contributed by atoms with Crippen LogP contribution in [-0.4, -0.2) is 19.3 Å². The first-order valence-corrected chi connectivity index (χ1v) is 6.13. The van der Waals surface area contributed by atoms with Gasteiger partial charge in [0.25, 0.3) is 0 Å². The van der Waals surface area contributed by atoms with Gasteiger partial charge in [-0.2, -0.15) is 13.2 Å². The summed E-state index contributed by atoms with van der Waals surface area (Å²) in [5.41, 5.74) is -0.303. The average molecular weight is 277 g/mol. The Hall–Kier alpha value is -1.30. The molecule has 0 amide bonds. The highest BCUT2D eigenvalue weighted by Gasteiger charge is 2.34. The van der Waals surface area contributed by atoms with Crippen LogP contribution in [0.3, 0.4) is 0 Å². The molecule has 106 valence electrons. The summed E-state index contributed by atoms with van der Waals surface area (Å²) in [7, 11) is 0. The summed E-state index contributed by atoms with van der Waals surface area (Å²) < 4.78 is 55.4. The van der Waals surface area contributed by atoms with E-state index in [0.29, 0.717) is 18.2 Å². The van der Waals surface area contributed by atoms with Crippen molar-refractivity contribution < 1.29 is 22.3 Å². The van der Waals surface area contributed by atoms with E-state index in [1.165, 1.54) is 6.07 Å². The van der Waals surface area contributed by atoms with Crippen LogP contribution in [0.2, 0.25) is 0 Å². The van der Waals surface area contributed by atoms with Crippen molar-refractivity contribution in [1.29, 1.82) is 0 Å². The fourth-order valence-corrected chi connectivity index (χ4v) is 1.73. The first-order chi connectivity index (χ1) is 9.00. The van der Waals surface area contributed by atoms with Crippen LogP contribution < -0.4 is 10.1 Å². The molecule has 0 bridgehead atoms. The Morgan fingerprint density at radius 2 is 2.00 bits per heavy atom. The standard InChI is InChI=1S/C13H15F4NO/c14-5-6-19-12-4-1-9(8-18-10-2-3-10)7-11(12)13(15,16)17/h1,4,7,10,18H,2-3,5-6,8H2. The van der Waals surface area contributed by atoms with E-state index in [1.807, 2.05) is 0 Å². The summed E-state index contributed by atoms with van der Waals surface area (Å²) in [5, 5.41) is 3.15. The van der Waals surface area contributed by atoms with Crippen LogP contribution in [-0.2, 0) is 12.7 Å². The SMILES string of the molecule is FCCOc1ccc(CNC2CC2)cc1C(F)(F)F. The molecule has 0 atom stereocenters. The maximum atomic E-state index is 12.9. The predicted molar refractivity (Wildman–Crippen MR) is 62.8 cm³/mol. The molecule has 0 heterocycles. The second kappa shape index (κ2) is 5.77. The number of hydrogen-bond acceptors (Lipinski definition) is 2. The van der Waals surface area contributed by atoms with Gasteiger partial charge < -0.3 is 10.1 Å². The van der Waals surface area contributed by atoms with Crippen molar-refractivity contribution in [3.8, 4) is 5.75 Å². The number of nitrogens with one attached hydrogen (secondary N) is 1. The fraction of sp³-hybridized carbons (Fsp3) is 0.538. The predicted octanol–water partition coefficient (Wildman–Crippen LogP) is 3.31. The third-order valence-corrected chi connectivity index (χ3v) is 2.86. The van der Waals surface area contributed by atoms with Crippen molar-refractivity contribution in [2.24, 2.45) is 0 Å². The lowest BCUT2D eigenvalue weighted by molar-refractivity contribution is -0.139. The molecule has 0 aliphatic heterocycles. The fourth-order valence-electron chi connectivity index (χ4n) is 1.73.